The van der Waals surface area contributed by atoms with Gasteiger partial charge in [0.1, 0.15) is 17.5 Å². The molecule has 6 rings (SSSR count). The lowest BCUT2D eigenvalue weighted by Crippen LogP contribution is -2.46. The maximum absolute atomic E-state index is 6.30. The standard InChI is InChI=1S/C24H30N4O4/c1-14(20-13-31-27-23(20)25)11-29-19-8-16-4-5-17(9-19)28(16)24-26-21-7-6-18(10-22(21)32-24)30-12-15-2-3-15/h6-7,10,13-17,19H,2-5,8-9,11-12H2,1H3,(H2,25,27). The molecule has 3 aliphatic rings. The van der Waals surface area contributed by atoms with Crippen molar-refractivity contribution in [3.63, 3.8) is 0 Å². The van der Waals surface area contributed by atoms with Gasteiger partial charge in [0.25, 0.3) is 6.01 Å². The minimum absolute atomic E-state index is 0.158. The Bertz CT molecular complexity index is 1080. The molecule has 1 saturated carbocycles. The molecule has 2 aromatic heterocycles. The molecule has 32 heavy (non-hydrogen) atoms. The summed E-state index contributed by atoms with van der Waals surface area (Å²) in [6, 6.07) is 7.50. The van der Waals surface area contributed by atoms with E-state index in [1.54, 1.807) is 6.26 Å². The number of anilines is 2. The van der Waals surface area contributed by atoms with E-state index in [0.29, 0.717) is 24.5 Å². The van der Waals surface area contributed by atoms with Crippen LogP contribution in [0, 0.1) is 5.92 Å². The molecule has 0 amide bonds. The number of aromatic nitrogens is 2. The zero-order valence-corrected chi connectivity index (χ0v) is 18.4. The highest BCUT2D eigenvalue weighted by Crippen LogP contribution is 2.41. The van der Waals surface area contributed by atoms with Gasteiger partial charge < -0.3 is 29.0 Å². The van der Waals surface area contributed by atoms with E-state index in [4.69, 9.17) is 29.1 Å². The van der Waals surface area contributed by atoms with Gasteiger partial charge in [-0.3, -0.25) is 0 Å². The smallest absolute Gasteiger partial charge is 0.298 e. The molecular weight excluding hydrogens is 408 g/mol. The van der Waals surface area contributed by atoms with Crippen molar-refractivity contribution >= 4 is 22.9 Å². The van der Waals surface area contributed by atoms with Crippen molar-refractivity contribution in [2.24, 2.45) is 5.92 Å². The third kappa shape index (κ3) is 3.81. The van der Waals surface area contributed by atoms with Gasteiger partial charge in [0.15, 0.2) is 11.4 Å². The maximum Gasteiger partial charge on any atom is 0.298 e. The van der Waals surface area contributed by atoms with Crippen LogP contribution in [-0.4, -0.2) is 41.5 Å². The van der Waals surface area contributed by atoms with Crippen LogP contribution in [0.4, 0.5) is 11.8 Å². The third-order valence-corrected chi connectivity index (χ3v) is 7.18. The van der Waals surface area contributed by atoms with Crippen molar-refractivity contribution in [1.29, 1.82) is 0 Å². The van der Waals surface area contributed by atoms with E-state index in [0.717, 1.165) is 66.6 Å². The Morgan fingerprint density at radius 3 is 2.72 bits per heavy atom. The predicted molar refractivity (Wildman–Crippen MR) is 120 cm³/mol. The zero-order valence-electron chi connectivity index (χ0n) is 18.4. The highest BCUT2D eigenvalue weighted by atomic mass is 16.5. The zero-order chi connectivity index (χ0) is 21.7. The summed E-state index contributed by atoms with van der Waals surface area (Å²) in [5, 5.41) is 3.77. The normalized spacial score (nSPS) is 26.0. The second-order valence-electron chi connectivity index (χ2n) is 9.66. The molecule has 8 nitrogen and oxygen atoms in total. The molecule has 0 radical (unpaired) electrons. The molecule has 2 bridgehead atoms. The third-order valence-electron chi connectivity index (χ3n) is 7.18. The molecule has 1 aliphatic carbocycles. The van der Waals surface area contributed by atoms with Crippen molar-refractivity contribution < 1.29 is 18.4 Å². The minimum Gasteiger partial charge on any atom is -0.493 e. The van der Waals surface area contributed by atoms with Crippen LogP contribution >= 0.6 is 0 Å². The summed E-state index contributed by atoms with van der Waals surface area (Å²) in [5.41, 5.74) is 8.47. The largest absolute Gasteiger partial charge is 0.493 e. The Labute approximate surface area is 187 Å². The van der Waals surface area contributed by atoms with Crippen LogP contribution in [0.2, 0.25) is 0 Å². The number of nitrogens with zero attached hydrogens (tertiary/aromatic N) is 3. The lowest BCUT2D eigenvalue weighted by molar-refractivity contribution is 0.0196. The molecule has 0 spiro atoms. The van der Waals surface area contributed by atoms with Crippen LogP contribution < -0.4 is 15.4 Å². The van der Waals surface area contributed by atoms with Gasteiger partial charge in [-0.15, -0.1) is 0 Å². The van der Waals surface area contributed by atoms with E-state index in [1.807, 2.05) is 18.2 Å². The van der Waals surface area contributed by atoms with E-state index >= 15 is 0 Å². The first-order valence-corrected chi connectivity index (χ1v) is 11.8. The Kier molecular flexibility index (Phi) is 4.97. The highest BCUT2D eigenvalue weighted by Gasteiger charge is 2.43. The number of rotatable bonds is 8. The van der Waals surface area contributed by atoms with Gasteiger partial charge in [0.2, 0.25) is 0 Å². The number of nitrogen functional groups attached to an aromatic ring is 1. The van der Waals surface area contributed by atoms with Crippen LogP contribution in [0.5, 0.6) is 5.75 Å². The fourth-order valence-corrected chi connectivity index (χ4v) is 5.16. The van der Waals surface area contributed by atoms with Crippen molar-refractivity contribution in [2.75, 3.05) is 23.8 Å². The summed E-state index contributed by atoms with van der Waals surface area (Å²) >= 11 is 0. The SMILES string of the molecule is CC(COC1CC2CCC(C1)N2c1nc2ccc(OCC3CC3)cc2o1)c1conc1N. The van der Waals surface area contributed by atoms with E-state index in [9.17, 15) is 0 Å². The second-order valence-corrected chi connectivity index (χ2v) is 9.66. The number of fused-ring (bicyclic) bond motifs is 3. The Hall–Kier alpha value is -2.74. The monoisotopic (exact) mass is 438 g/mol. The van der Waals surface area contributed by atoms with Gasteiger partial charge in [0.05, 0.1) is 19.3 Å². The fourth-order valence-electron chi connectivity index (χ4n) is 5.16. The Morgan fingerprint density at radius 1 is 1.19 bits per heavy atom. The first kappa shape index (κ1) is 19.9. The summed E-state index contributed by atoms with van der Waals surface area (Å²) in [6.45, 7) is 3.50. The van der Waals surface area contributed by atoms with Crippen LogP contribution in [0.25, 0.3) is 11.1 Å². The fraction of sp³-hybridized carbons (Fsp3) is 0.583. The number of piperidine rings is 1. The van der Waals surface area contributed by atoms with E-state index in [2.05, 4.69) is 17.0 Å². The summed E-state index contributed by atoms with van der Waals surface area (Å²) in [7, 11) is 0. The van der Waals surface area contributed by atoms with Gasteiger partial charge in [-0.05, 0) is 56.6 Å². The summed E-state index contributed by atoms with van der Waals surface area (Å²) in [5.74, 6) is 2.20. The minimum atomic E-state index is 0.158. The Morgan fingerprint density at radius 2 is 2.00 bits per heavy atom. The molecule has 3 atom stereocenters. The van der Waals surface area contributed by atoms with Gasteiger partial charge in [-0.25, -0.2) is 0 Å². The van der Waals surface area contributed by atoms with E-state index < -0.39 is 0 Å². The van der Waals surface area contributed by atoms with Crippen molar-refractivity contribution in [1.82, 2.24) is 10.1 Å². The first-order chi connectivity index (χ1) is 15.6. The Balaban J connectivity index is 1.11. The number of ether oxygens (including phenoxy) is 2. The van der Waals surface area contributed by atoms with Crippen molar-refractivity contribution in [3.05, 3.63) is 30.0 Å². The van der Waals surface area contributed by atoms with Gasteiger partial charge >= 0.3 is 0 Å². The van der Waals surface area contributed by atoms with Crippen molar-refractivity contribution in [3.8, 4) is 5.75 Å². The predicted octanol–water partition coefficient (Wildman–Crippen LogP) is 4.51. The van der Waals surface area contributed by atoms with E-state index in [-0.39, 0.29) is 12.0 Å². The molecule has 170 valence electrons. The summed E-state index contributed by atoms with van der Waals surface area (Å²) in [6.07, 6.45) is 8.67. The van der Waals surface area contributed by atoms with Gasteiger partial charge in [0, 0.05) is 29.6 Å². The second kappa shape index (κ2) is 7.99. The number of oxazole rings is 1. The maximum atomic E-state index is 6.30. The molecule has 2 N–H and O–H groups in total. The lowest BCUT2D eigenvalue weighted by atomic mass is 9.99. The molecule has 3 aromatic rings. The quantitative estimate of drug-likeness (QED) is 0.548. The molecule has 8 heteroatoms. The summed E-state index contributed by atoms with van der Waals surface area (Å²) < 4.78 is 23.4. The topological polar surface area (TPSA) is 99.8 Å². The van der Waals surface area contributed by atoms with E-state index in [1.165, 1.54) is 12.8 Å². The molecular formula is C24H30N4O4. The molecule has 4 heterocycles. The number of hydrogen-bond acceptors (Lipinski definition) is 8. The lowest BCUT2D eigenvalue weighted by Gasteiger charge is -2.38. The molecule has 3 fully saturated rings. The highest BCUT2D eigenvalue weighted by molar-refractivity contribution is 5.76. The van der Waals surface area contributed by atoms with Crippen LogP contribution in [0.3, 0.4) is 0 Å². The van der Waals surface area contributed by atoms with Gasteiger partial charge in [-0.1, -0.05) is 12.1 Å². The molecule has 1 aromatic carbocycles. The number of hydrogen-bond donors (Lipinski definition) is 1. The van der Waals surface area contributed by atoms with Crippen LogP contribution in [0.1, 0.15) is 56.9 Å². The summed E-state index contributed by atoms with van der Waals surface area (Å²) in [4.78, 5) is 7.18. The van der Waals surface area contributed by atoms with Crippen molar-refractivity contribution in [2.45, 2.75) is 69.6 Å². The van der Waals surface area contributed by atoms with Crippen LogP contribution in [-0.2, 0) is 4.74 Å². The molecule has 3 unspecified atom stereocenters. The average Bonchev–Trinajstić information content (AvgIpc) is 3.27. The number of nitrogens with two attached hydrogens (primary N) is 1. The van der Waals surface area contributed by atoms with Gasteiger partial charge in [-0.2, -0.15) is 4.98 Å². The average molecular weight is 439 g/mol. The number of benzene rings is 1. The molecule has 2 aliphatic heterocycles. The van der Waals surface area contributed by atoms with Crippen LogP contribution in [0.15, 0.2) is 33.4 Å². The first-order valence-electron chi connectivity index (χ1n) is 11.8. The molecule has 2 saturated heterocycles.